The molecule has 0 radical (unpaired) electrons. The summed E-state index contributed by atoms with van der Waals surface area (Å²) in [6.07, 6.45) is 3.60. The fourth-order valence-electron chi connectivity index (χ4n) is 2.92. The summed E-state index contributed by atoms with van der Waals surface area (Å²) in [5.41, 5.74) is 2.76. The molecule has 0 bridgehead atoms. The van der Waals surface area contributed by atoms with Crippen LogP contribution in [-0.2, 0) is 9.59 Å². The number of carbonyl (C=O) groups excluding carboxylic acids is 2. The number of hydrogen-bond acceptors (Lipinski definition) is 6. The SMILES string of the molecule is COc1ccc(C2=C/C(=C3\C=C(c4ccc(OC)cc4)SC3=O)C(=O)S2)cc1. The topological polar surface area (TPSA) is 52.6 Å². The molecule has 0 saturated carbocycles. The van der Waals surface area contributed by atoms with Gasteiger partial charge in [-0.05, 0) is 71.1 Å². The summed E-state index contributed by atoms with van der Waals surface area (Å²) in [5.74, 6) is 1.51. The minimum Gasteiger partial charge on any atom is -0.497 e. The van der Waals surface area contributed by atoms with Crippen molar-refractivity contribution in [1.82, 2.24) is 0 Å². The monoisotopic (exact) mass is 408 g/mol. The fraction of sp³-hybridized carbons (Fsp3) is 0.0909. The molecular formula is C22H16O4S2. The summed E-state index contributed by atoms with van der Waals surface area (Å²) < 4.78 is 10.3. The standard InChI is InChI=1S/C22H16O4S2/c1-25-15-7-3-13(4-8-15)19-11-17(21(23)27-19)18-12-20(28-22(18)24)14-5-9-16(26-2)10-6-14/h3-12H,1-2H3/b18-17-. The van der Waals surface area contributed by atoms with Crippen molar-refractivity contribution in [2.24, 2.45) is 0 Å². The van der Waals surface area contributed by atoms with E-state index in [0.717, 1.165) is 56.0 Å². The van der Waals surface area contributed by atoms with Crippen LogP contribution in [-0.4, -0.2) is 24.5 Å². The largest absolute Gasteiger partial charge is 0.497 e. The normalized spacial score (nSPS) is 18.9. The summed E-state index contributed by atoms with van der Waals surface area (Å²) >= 11 is 2.29. The van der Waals surface area contributed by atoms with E-state index in [1.165, 1.54) is 0 Å². The highest BCUT2D eigenvalue weighted by Gasteiger charge is 2.30. The molecule has 2 aliphatic rings. The lowest BCUT2D eigenvalue weighted by Crippen LogP contribution is -1.98. The van der Waals surface area contributed by atoms with Crippen LogP contribution in [0.5, 0.6) is 11.5 Å². The molecule has 6 heteroatoms. The van der Waals surface area contributed by atoms with Gasteiger partial charge in [-0.25, -0.2) is 0 Å². The first-order chi connectivity index (χ1) is 13.6. The molecule has 4 nitrogen and oxygen atoms in total. The van der Waals surface area contributed by atoms with E-state index < -0.39 is 0 Å². The second kappa shape index (κ2) is 7.73. The molecule has 0 spiro atoms. The minimum atomic E-state index is -0.109. The fourth-order valence-corrected chi connectivity index (χ4v) is 4.74. The van der Waals surface area contributed by atoms with Crippen LogP contribution in [0, 0.1) is 0 Å². The van der Waals surface area contributed by atoms with E-state index in [9.17, 15) is 9.59 Å². The summed E-state index contributed by atoms with van der Waals surface area (Å²) in [6, 6.07) is 15.0. The van der Waals surface area contributed by atoms with E-state index in [1.54, 1.807) is 26.4 Å². The Bertz CT molecular complexity index is 959. The van der Waals surface area contributed by atoms with Crippen molar-refractivity contribution in [3.63, 3.8) is 0 Å². The molecule has 4 rings (SSSR count). The highest BCUT2D eigenvalue weighted by atomic mass is 32.2. The van der Waals surface area contributed by atoms with Crippen LogP contribution >= 0.6 is 23.5 Å². The Morgan fingerprint density at radius 3 is 1.29 bits per heavy atom. The Labute approximate surface area is 171 Å². The third-order valence-electron chi connectivity index (χ3n) is 4.44. The summed E-state index contributed by atoms with van der Waals surface area (Å²) in [5, 5.41) is -0.219. The second-order valence-electron chi connectivity index (χ2n) is 6.08. The molecule has 0 amide bonds. The van der Waals surface area contributed by atoms with E-state index in [1.807, 2.05) is 48.5 Å². The maximum Gasteiger partial charge on any atom is 0.224 e. The van der Waals surface area contributed by atoms with Crippen LogP contribution in [0.1, 0.15) is 11.1 Å². The van der Waals surface area contributed by atoms with Crippen LogP contribution < -0.4 is 9.47 Å². The number of ether oxygens (including phenoxy) is 2. The van der Waals surface area contributed by atoms with Crippen molar-refractivity contribution in [2.75, 3.05) is 14.2 Å². The van der Waals surface area contributed by atoms with Gasteiger partial charge in [-0.1, -0.05) is 24.3 Å². The quantitative estimate of drug-likeness (QED) is 0.669. The maximum atomic E-state index is 12.6. The lowest BCUT2D eigenvalue weighted by molar-refractivity contribution is -0.109. The molecule has 28 heavy (non-hydrogen) atoms. The van der Waals surface area contributed by atoms with Gasteiger partial charge in [-0.2, -0.15) is 0 Å². The first-order valence-corrected chi connectivity index (χ1v) is 10.1. The van der Waals surface area contributed by atoms with Gasteiger partial charge in [0.1, 0.15) is 11.5 Å². The van der Waals surface area contributed by atoms with Crippen molar-refractivity contribution < 1.29 is 19.1 Å². The molecule has 0 atom stereocenters. The Morgan fingerprint density at radius 2 is 0.964 bits per heavy atom. The molecule has 0 fully saturated rings. The molecule has 140 valence electrons. The third kappa shape index (κ3) is 3.53. The highest BCUT2D eigenvalue weighted by Crippen LogP contribution is 2.45. The summed E-state index contributed by atoms with van der Waals surface area (Å²) in [7, 11) is 3.22. The van der Waals surface area contributed by atoms with Crippen LogP contribution in [0.25, 0.3) is 9.81 Å². The van der Waals surface area contributed by atoms with Gasteiger partial charge in [0.05, 0.1) is 14.2 Å². The average molecular weight is 409 g/mol. The Kier molecular flexibility index (Phi) is 5.15. The zero-order valence-electron chi connectivity index (χ0n) is 15.2. The molecular weight excluding hydrogens is 392 g/mol. The molecule has 2 aromatic carbocycles. The van der Waals surface area contributed by atoms with Crippen LogP contribution in [0.15, 0.2) is 71.8 Å². The number of allylic oxidation sites excluding steroid dienone is 2. The zero-order valence-corrected chi connectivity index (χ0v) is 16.9. The number of rotatable bonds is 4. The van der Waals surface area contributed by atoms with Crippen LogP contribution in [0.4, 0.5) is 0 Å². The Morgan fingerprint density at radius 1 is 0.607 bits per heavy atom. The zero-order chi connectivity index (χ0) is 19.7. The Balaban J connectivity index is 1.68. The van der Waals surface area contributed by atoms with Crippen LogP contribution in [0.2, 0.25) is 0 Å². The van der Waals surface area contributed by atoms with Crippen molar-refractivity contribution >= 4 is 43.6 Å². The van der Waals surface area contributed by atoms with Gasteiger partial charge in [0.15, 0.2) is 0 Å². The van der Waals surface area contributed by atoms with Gasteiger partial charge in [-0.3, -0.25) is 9.59 Å². The molecule has 2 heterocycles. The number of benzene rings is 2. The molecule has 2 aliphatic heterocycles. The lowest BCUT2D eigenvalue weighted by atomic mass is 10.1. The second-order valence-corrected chi connectivity index (χ2v) is 8.11. The highest BCUT2D eigenvalue weighted by molar-refractivity contribution is 8.23. The number of methoxy groups -OCH3 is 2. The smallest absolute Gasteiger partial charge is 0.224 e. The lowest BCUT2D eigenvalue weighted by Gasteiger charge is -2.02. The summed E-state index contributed by atoms with van der Waals surface area (Å²) in [4.78, 5) is 26.8. The van der Waals surface area contributed by atoms with E-state index in [2.05, 4.69) is 0 Å². The molecule has 0 aliphatic carbocycles. The van der Waals surface area contributed by atoms with Crippen molar-refractivity contribution in [3.05, 3.63) is 83.0 Å². The van der Waals surface area contributed by atoms with Gasteiger partial charge in [0.25, 0.3) is 0 Å². The predicted molar refractivity (Wildman–Crippen MR) is 114 cm³/mol. The van der Waals surface area contributed by atoms with E-state index in [-0.39, 0.29) is 10.2 Å². The van der Waals surface area contributed by atoms with E-state index in [4.69, 9.17) is 9.47 Å². The third-order valence-corrected chi connectivity index (χ3v) is 6.39. The molecule has 0 unspecified atom stereocenters. The predicted octanol–water partition coefficient (Wildman–Crippen LogP) is 4.93. The molecule has 2 aromatic rings. The average Bonchev–Trinajstić information content (AvgIpc) is 3.30. The van der Waals surface area contributed by atoms with Crippen molar-refractivity contribution in [1.29, 1.82) is 0 Å². The van der Waals surface area contributed by atoms with Crippen molar-refractivity contribution in [2.45, 2.75) is 0 Å². The first-order valence-electron chi connectivity index (χ1n) is 8.50. The van der Waals surface area contributed by atoms with E-state index in [0.29, 0.717) is 11.1 Å². The van der Waals surface area contributed by atoms with Gasteiger partial charge >= 0.3 is 0 Å². The number of carbonyl (C=O) groups is 2. The number of hydrogen-bond donors (Lipinski definition) is 0. The summed E-state index contributed by atoms with van der Waals surface area (Å²) in [6.45, 7) is 0. The molecule has 0 aromatic heterocycles. The molecule has 0 N–H and O–H groups in total. The minimum absolute atomic E-state index is 0.109. The van der Waals surface area contributed by atoms with Gasteiger partial charge < -0.3 is 9.47 Å². The number of thioether (sulfide) groups is 2. The van der Waals surface area contributed by atoms with Gasteiger partial charge in [-0.15, -0.1) is 0 Å². The van der Waals surface area contributed by atoms with Gasteiger partial charge in [0.2, 0.25) is 10.2 Å². The Hall–Kier alpha value is -2.70. The molecule has 0 saturated heterocycles. The van der Waals surface area contributed by atoms with Gasteiger partial charge in [0, 0.05) is 21.0 Å². The first kappa shape index (κ1) is 18.7. The van der Waals surface area contributed by atoms with E-state index >= 15 is 0 Å². The van der Waals surface area contributed by atoms with Crippen molar-refractivity contribution in [3.8, 4) is 11.5 Å². The van der Waals surface area contributed by atoms with Crippen LogP contribution in [0.3, 0.4) is 0 Å². The maximum absolute atomic E-state index is 12.6.